The van der Waals surface area contributed by atoms with Gasteiger partial charge in [0.2, 0.25) is 0 Å². The van der Waals surface area contributed by atoms with Crippen LogP contribution in [-0.2, 0) is 6.42 Å². The number of aromatic amines is 1. The minimum atomic E-state index is 0.217. The van der Waals surface area contributed by atoms with Gasteiger partial charge in [0.25, 0.3) is 0 Å². The maximum absolute atomic E-state index is 8.46. The smallest absolute Gasteiger partial charge is 0.143 e. The zero-order chi connectivity index (χ0) is 9.97. The van der Waals surface area contributed by atoms with Gasteiger partial charge in [0, 0.05) is 23.5 Å². The van der Waals surface area contributed by atoms with Crippen LogP contribution < -0.4 is 5.73 Å². The van der Waals surface area contributed by atoms with Crippen molar-refractivity contribution in [1.29, 1.82) is 0 Å². The molecule has 0 saturated carbocycles. The van der Waals surface area contributed by atoms with E-state index >= 15 is 0 Å². The third kappa shape index (κ3) is 1.42. The quantitative estimate of drug-likeness (QED) is 0.289. The molecule has 0 amide bonds. The van der Waals surface area contributed by atoms with Gasteiger partial charge in [-0.25, -0.2) is 0 Å². The number of rotatable bonds is 2. The molecule has 0 fully saturated rings. The normalized spacial score (nSPS) is 12.1. The van der Waals surface area contributed by atoms with Crippen LogP contribution in [-0.4, -0.2) is 16.0 Å². The molecule has 0 unspecified atom stereocenters. The van der Waals surface area contributed by atoms with E-state index in [4.69, 9.17) is 10.9 Å². The minimum Gasteiger partial charge on any atom is -0.409 e. The van der Waals surface area contributed by atoms with Gasteiger partial charge in [0.1, 0.15) is 5.84 Å². The Hall–Kier alpha value is -1.97. The summed E-state index contributed by atoms with van der Waals surface area (Å²) >= 11 is 0. The van der Waals surface area contributed by atoms with E-state index in [9.17, 15) is 0 Å². The molecule has 2 aromatic rings. The van der Waals surface area contributed by atoms with Crippen LogP contribution >= 0.6 is 0 Å². The van der Waals surface area contributed by atoms with Crippen LogP contribution in [0.4, 0.5) is 0 Å². The van der Waals surface area contributed by atoms with Gasteiger partial charge in [-0.3, -0.25) is 0 Å². The van der Waals surface area contributed by atoms with Crippen molar-refractivity contribution in [3.63, 3.8) is 0 Å². The third-order valence-electron chi connectivity index (χ3n) is 2.17. The van der Waals surface area contributed by atoms with Gasteiger partial charge >= 0.3 is 0 Å². The molecular formula is C10H11N3O. The number of aromatic nitrogens is 1. The summed E-state index contributed by atoms with van der Waals surface area (Å²) in [4.78, 5) is 3.13. The maximum Gasteiger partial charge on any atom is 0.143 e. The second-order valence-corrected chi connectivity index (χ2v) is 3.13. The van der Waals surface area contributed by atoms with Crippen molar-refractivity contribution in [2.45, 2.75) is 6.42 Å². The minimum absolute atomic E-state index is 0.217. The number of nitrogens with one attached hydrogen (secondary N) is 1. The summed E-state index contributed by atoms with van der Waals surface area (Å²) in [5.41, 5.74) is 7.54. The van der Waals surface area contributed by atoms with E-state index in [0.29, 0.717) is 6.42 Å². The van der Waals surface area contributed by atoms with Gasteiger partial charge in [-0.15, -0.1) is 0 Å². The highest BCUT2D eigenvalue weighted by atomic mass is 16.4. The van der Waals surface area contributed by atoms with E-state index in [1.807, 2.05) is 30.5 Å². The van der Waals surface area contributed by atoms with Crippen molar-refractivity contribution >= 4 is 16.7 Å². The van der Waals surface area contributed by atoms with Crippen LogP contribution in [0.2, 0.25) is 0 Å². The van der Waals surface area contributed by atoms with Crippen molar-refractivity contribution in [2.24, 2.45) is 10.9 Å². The second-order valence-electron chi connectivity index (χ2n) is 3.13. The van der Waals surface area contributed by atoms with Crippen LogP contribution in [0.3, 0.4) is 0 Å². The van der Waals surface area contributed by atoms with Crippen LogP contribution in [0.25, 0.3) is 10.9 Å². The summed E-state index contributed by atoms with van der Waals surface area (Å²) in [6.45, 7) is 0. The summed E-state index contributed by atoms with van der Waals surface area (Å²) < 4.78 is 0. The van der Waals surface area contributed by atoms with E-state index in [1.165, 1.54) is 0 Å². The third-order valence-corrected chi connectivity index (χ3v) is 2.17. The van der Waals surface area contributed by atoms with Gasteiger partial charge in [-0.2, -0.15) is 0 Å². The number of hydrogen-bond acceptors (Lipinski definition) is 2. The van der Waals surface area contributed by atoms with Crippen molar-refractivity contribution in [1.82, 2.24) is 4.98 Å². The topological polar surface area (TPSA) is 74.4 Å². The number of benzene rings is 1. The SMILES string of the molecule is N/C(Cc1c[nH]c2ccccc12)=N\O. The number of amidine groups is 1. The molecule has 0 atom stereocenters. The summed E-state index contributed by atoms with van der Waals surface area (Å²) in [5.74, 6) is 0.217. The second kappa shape index (κ2) is 3.41. The molecule has 0 aliphatic carbocycles. The van der Waals surface area contributed by atoms with E-state index in [-0.39, 0.29) is 5.84 Å². The van der Waals surface area contributed by atoms with E-state index < -0.39 is 0 Å². The molecule has 2 rings (SSSR count). The number of nitrogens with zero attached hydrogens (tertiary/aromatic N) is 1. The first kappa shape index (κ1) is 8.62. The number of nitrogens with two attached hydrogens (primary N) is 1. The molecule has 1 heterocycles. The van der Waals surface area contributed by atoms with Crippen LogP contribution in [0.15, 0.2) is 35.6 Å². The first-order valence-electron chi connectivity index (χ1n) is 4.32. The van der Waals surface area contributed by atoms with Crippen LogP contribution in [0, 0.1) is 0 Å². The molecule has 72 valence electrons. The molecule has 1 aromatic heterocycles. The lowest BCUT2D eigenvalue weighted by atomic mass is 10.1. The number of para-hydroxylation sites is 1. The lowest BCUT2D eigenvalue weighted by Gasteiger charge is -1.96. The molecule has 4 heteroatoms. The Labute approximate surface area is 81.0 Å². The predicted molar refractivity (Wildman–Crippen MR) is 55.4 cm³/mol. The average molecular weight is 189 g/mol. The van der Waals surface area contributed by atoms with Crippen molar-refractivity contribution < 1.29 is 5.21 Å². The van der Waals surface area contributed by atoms with Gasteiger partial charge in [-0.05, 0) is 11.6 Å². The van der Waals surface area contributed by atoms with Gasteiger partial charge in [-0.1, -0.05) is 23.4 Å². The first-order valence-corrected chi connectivity index (χ1v) is 4.32. The van der Waals surface area contributed by atoms with E-state index in [2.05, 4.69) is 10.1 Å². The Kier molecular flexibility index (Phi) is 2.10. The Morgan fingerprint density at radius 3 is 3.00 bits per heavy atom. The molecule has 0 saturated heterocycles. The van der Waals surface area contributed by atoms with E-state index in [0.717, 1.165) is 16.5 Å². The van der Waals surface area contributed by atoms with Crippen molar-refractivity contribution in [3.8, 4) is 0 Å². The Bertz CT molecular complexity index is 473. The van der Waals surface area contributed by atoms with Gasteiger partial charge in [0.05, 0.1) is 0 Å². The average Bonchev–Trinajstić information content (AvgIpc) is 2.62. The van der Waals surface area contributed by atoms with Crippen molar-refractivity contribution in [2.75, 3.05) is 0 Å². The molecule has 0 aliphatic heterocycles. The molecule has 0 spiro atoms. The van der Waals surface area contributed by atoms with Crippen LogP contribution in [0.1, 0.15) is 5.56 Å². The fourth-order valence-corrected chi connectivity index (χ4v) is 1.51. The van der Waals surface area contributed by atoms with Crippen LogP contribution in [0.5, 0.6) is 0 Å². The highest BCUT2D eigenvalue weighted by Gasteiger charge is 2.04. The molecule has 4 N–H and O–H groups in total. The Morgan fingerprint density at radius 2 is 2.21 bits per heavy atom. The Morgan fingerprint density at radius 1 is 1.43 bits per heavy atom. The molecule has 0 aliphatic rings. The summed E-state index contributed by atoms with van der Waals surface area (Å²) in [7, 11) is 0. The summed E-state index contributed by atoms with van der Waals surface area (Å²) in [6.07, 6.45) is 2.34. The van der Waals surface area contributed by atoms with E-state index in [1.54, 1.807) is 0 Å². The maximum atomic E-state index is 8.46. The number of hydrogen-bond donors (Lipinski definition) is 3. The fourth-order valence-electron chi connectivity index (χ4n) is 1.51. The molecule has 0 radical (unpaired) electrons. The van der Waals surface area contributed by atoms with Crippen molar-refractivity contribution in [3.05, 3.63) is 36.0 Å². The molecule has 1 aromatic carbocycles. The highest BCUT2D eigenvalue weighted by Crippen LogP contribution is 2.17. The summed E-state index contributed by atoms with van der Waals surface area (Å²) in [5, 5.41) is 12.5. The standard InChI is InChI=1S/C10H11N3O/c11-10(13-14)5-7-6-12-9-4-2-1-3-8(7)9/h1-4,6,12,14H,5H2,(H2,11,13). The molecular weight excluding hydrogens is 178 g/mol. The zero-order valence-electron chi connectivity index (χ0n) is 7.57. The lowest BCUT2D eigenvalue weighted by molar-refractivity contribution is 0.317. The number of oxime groups is 1. The largest absolute Gasteiger partial charge is 0.409 e. The number of H-pyrrole nitrogens is 1. The summed E-state index contributed by atoms with van der Waals surface area (Å²) in [6, 6.07) is 7.93. The predicted octanol–water partition coefficient (Wildman–Crippen LogP) is 1.46. The zero-order valence-corrected chi connectivity index (χ0v) is 7.57. The molecule has 4 nitrogen and oxygen atoms in total. The monoisotopic (exact) mass is 189 g/mol. The number of fused-ring (bicyclic) bond motifs is 1. The lowest BCUT2D eigenvalue weighted by Crippen LogP contribution is -2.14. The fraction of sp³-hybridized carbons (Fsp3) is 0.100. The molecule has 14 heavy (non-hydrogen) atoms. The van der Waals surface area contributed by atoms with Gasteiger partial charge in [0.15, 0.2) is 0 Å². The molecule has 0 bridgehead atoms. The first-order chi connectivity index (χ1) is 6.81. The Balaban J connectivity index is 2.43. The highest BCUT2D eigenvalue weighted by molar-refractivity contribution is 5.90. The van der Waals surface area contributed by atoms with Gasteiger partial charge < -0.3 is 15.9 Å².